The number of carboxylic acids is 1. The predicted octanol–water partition coefficient (Wildman–Crippen LogP) is 2.33. The fourth-order valence-electron chi connectivity index (χ4n) is 3.29. The highest BCUT2D eigenvalue weighted by atomic mass is 16.5. The van der Waals surface area contributed by atoms with Gasteiger partial charge < -0.3 is 25.0 Å². The number of hydrogen-bond donors (Lipinski definition) is 2. The zero-order valence-corrected chi connectivity index (χ0v) is 16.1. The monoisotopic (exact) mass is 383 g/mol. The number of carbonyl (C=O) groups excluding carboxylic acids is 1. The molecule has 0 aliphatic carbocycles. The van der Waals surface area contributed by atoms with E-state index in [1.165, 1.54) is 7.11 Å². The molecule has 1 aliphatic rings. The summed E-state index contributed by atoms with van der Waals surface area (Å²) in [6, 6.07) is 12.6. The van der Waals surface area contributed by atoms with Gasteiger partial charge in [0, 0.05) is 37.3 Å². The number of piperazine rings is 1. The topological polar surface area (TPSA) is 82.1 Å². The fourth-order valence-corrected chi connectivity index (χ4v) is 3.29. The van der Waals surface area contributed by atoms with Gasteiger partial charge in [-0.25, -0.2) is 0 Å². The summed E-state index contributed by atoms with van der Waals surface area (Å²) in [6.45, 7) is 3.76. The first-order chi connectivity index (χ1) is 13.5. The summed E-state index contributed by atoms with van der Waals surface area (Å²) in [5.41, 5.74) is 2.70. The van der Waals surface area contributed by atoms with E-state index in [0.717, 1.165) is 37.6 Å². The van der Waals surface area contributed by atoms with Gasteiger partial charge in [0.2, 0.25) is 0 Å². The highest BCUT2D eigenvalue weighted by Crippen LogP contribution is 2.28. The number of rotatable bonds is 6. The van der Waals surface area contributed by atoms with Crippen molar-refractivity contribution in [2.45, 2.75) is 6.42 Å². The molecule has 1 amide bonds. The van der Waals surface area contributed by atoms with Gasteiger partial charge in [0.05, 0.1) is 24.9 Å². The van der Waals surface area contributed by atoms with Crippen molar-refractivity contribution in [3.8, 4) is 5.75 Å². The molecule has 0 aromatic heterocycles. The highest BCUT2D eigenvalue weighted by molar-refractivity contribution is 6.06. The van der Waals surface area contributed by atoms with Crippen LogP contribution in [0.1, 0.15) is 15.9 Å². The van der Waals surface area contributed by atoms with Crippen molar-refractivity contribution >= 4 is 23.3 Å². The van der Waals surface area contributed by atoms with E-state index in [1.807, 2.05) is 24.3 Å². The van der Waals surface area contributed by atoms with E-state index >= 15 is 0 Å². The molecule has 0 atom stereocenters. The van der Waals surface area contributed by atoms with Crippen molar-refractivity contribution in [2.75, 3.05) is 50.6 Å². The minimum atomic E-state index is -0.948. The minimum Gasteiger partial charge on any atom is -0.496 e. The van der Waals surface area contributed by atoms with Crippen LogP contribution >= 0.6 is 0 Å². The van der Waals surface area contributed by atoms with Crippen LogP contribution in [0, 0.1) is 0 Å². The molecule has 1 saturated heterocycles. The number of carboxylic acid groups (broad SMARTS) is 1. The van der Waals surface area contributed by atoms with Gasteiger partial charge in [0.25, 0.3) is 5.91 Å². The fraction of sp³-hybridized carbons (Fsp3) is 0.333. The van der Waals surface area contributed by atoms with E-state index in [0.29, 0.717) is 16.9 Å². The van der Waals surface area contributed by atoms with Crippen LogP contribution < -0.4 is 15.0 Å². The molecule has 1 heterocycles. The van der Waals surface area contributed by atoms with Crippen molar-refractivity contribution in [1.82, 2.24) is 4.90 Å². The largest absolute Gasteiger partial charge is 0.496 e. The number of carbonyl (C=O) groups is 2. The lowest BCUT2D eigenvalue weighted by atomic mass is 10.1. The molecule has 2 aromatic rings. The second kappa shape index (κ2) is 8.75. The first-order valence-corrected chi connectivity index (χ1v) is 9.20. The van der Waals surface area contributed by atoms with Gasteiger partial charge in [-0.15, -0.1) is 0 Å². The Hall–Kier alpha value is -3.06. The molecule has 2 N–H and O–H groups in total. The van der Waals surface area contributed by atoms with Crippen molar-refractivity contribution < 1.29 is 19.4 Å². The Morgan fingerprint density at radius 3 is 2.50 bits per heavy atom. The van der Waals surface area contributed by atoms with Crippen LogP contribution in [0.2, 0.25) is 0 Å². The summed E-state index contributed by atoms with van der Waals surface area (Å²) in [7, 11) is 3.57. The van der Waals surface area contributed by atoms with Gasteiger partial charge in [0.15, 0.2) is 0 Å². The lowest BCUT2D eigenvalue weighted by molar-refractivity contribution is -0.136. The average Bonchev–Trinajstić information content (AvgIpc) is 2.69. The van der Waals surface area contributed by atoms with E-state index in [1.54, 1.807) is 18.2 Å². The molecule has 28 heavy (non-hydrogen) atoms. The van der Waals surface area contributed by atoms with Crippen molar-refractivity contribution in [2.24, 2.45) is 0 Å². The molecule has 0 bridgehead atoms. The molecule has 7 heteroatoms. The Balaban J connectivity index is 1.79. The van der Waals surface area contributed by atoms with Crippen LogP contribution in [0.4, 0.5) is 11.4 Å². The number of ether oxygens (including phenoxy) is 1. The van der Waals surface area contributed by atoms with Gasteiger partial charge in [-0.05, 0) is 31.3 Å². The van der Waals surface area contributed by atoms with Crippen molar-refractivity contribution in [3.63, 3.8) is 0 Å². The van der Waals surface area contributed by atoms with Gasteiger partial charge in [-0.2, -0.15) is 0 Å². The molecular formula is C21H25N3O4. The average molecular weight is 383 g/mol. The predicted molar refractivity (Wildman–Crippen MR) is 108 cm³/mol. The number of methoxy groups -OCH3 is 1. The minimum absolute atomic E-state index is 0.155. The number of benzene rings is 2. The lowest BCUT2D eigenvalue weighted by Crippen LogP contribution is -2.44. The van der Waals surface area contributed by atoms with Gasteiger partial charge in [-0.3, -0.25) is 9.59 Å². The SMILES string of the molecule is COc1cc(C(=O)Nc2ccccc2N2CCN(C)CC2)ccc1CC(=O)O. The molecule has 0 spiro atoms. The molecular weight excluding hydrogens is 358 g/mol. The van der Waals surface area contributed by atoms with Crippen LogP contribution in [0.25, 0.3) is 0 Å². The van der Waals surface area contributed by atoms with Crippen LogP contribution in [-0.4, -0.2) is 62.2 Å². The van der Waals surface area contributed by atoms with Crippen molar-refractivity contribution in [1.29, 1.82) is 0 Å². The normalized spacial score (nSPS) is 14.6. The van der Waals surface area contributed by atoms with E-state index < -0.39 is 5.97 Å². The summed E-state index contributed by atoms with van der Waals surface area (Å²) in [5.74, 6) is -0.819. The number of para-hydroxylation sites is 2. The molecule has 7 nitrogen and oxygen atoms in total. The van der Waals surface area contributed by atoms with E-state index in [9.17, 15) is 9.59 Å². The number of hydrogen-bond acceptors (Lipinski definition) is 5. The number of nitrogens with one attached hydrogen (secondary N) is 1. The van der Waals surface area contributed by atoms with E-state index in [-0.39, 0.29) is 12.3 Å². The molecule has 1 fully saturated rings. The number of anilines is 2. The maximum absolute atomic E-state index is 12.8. The third-order valence-electron chi connectivity index (χ3n) is 4.89. The zero-order chi connectivity index (χ0) is 20.1. The molecule has 0 unspecified atom stereocenters. The second-order valence-corrected chi connectivity index (χ2v) is 6.86. The summed E-state index contributed by atoms with van der Waals surface area (Å²) in [6.07, 6.45) is -0.155. The van der Waals surface area contributed by atoms with Gasteiger partial charge in [-0.1, -0.05) is 18.2 Å². The first-order valence-electron chi connectivity index (χ1n) is 9.20. The maximum Gasteiger partial charge on any atom is 0.307 e. The van der Waals surface area contributed by atoms with Crippen LogP contribution in [-0.2, 0) is 11.2 Å². The second-order valence-electron chi connectivity index (χ2n) is 6.86. The Kier molecular flexibility index (Phi) is 6.16. The van der Waals surface area contributed by atoms with Crippen LogP contribution in [0.3, 0.4) is 0 Å². The molecule has 1 aliphatic heterocycles. The highest BCUT2D eigenvalue weighted by Gasteiger charge is 2.19. The summed E-state index contributed by atoms with van der Waals surface area (Å²) >= 11 is 0. The Morgan fingerprint density at radius 2 is 1.82 bits per heavy atom. The maximum atomic E-state index is 12.8. The summed E-state index contributed by atoms with van der Waals surface area (Å²) < 4.78 is 5.26. The third-order valence-corrected chi connectivity index (χ3v) is 4.89. The number of amides is 1. The van der Waals surface area contributed by atoms with E-state index in [4.69, 9.17) is 9.84 Å². The Morgan fingerprint density at radius 1 is 1.11 bits per heavy atom. The van der Waals surface area contributed by atoms with Crippen LogP contribution in [0.15, 0.2) is 42.5 Å². The Bertz CT molecular complexity index is 860. The number of aliphatic carboxylic acids is 1. The Labute approximate surface area is 164 Å². The smallest absolute Gasteiger partial charge is 0.307 e. The summed E-state index contributed by atoms with van der Waals surface area (Å²) in [4.78, 5) is 28.3. The van der Waals surface area contributed by atoms with Crippen LogP contribution in [0.5, 0.6) is 5.75 Å². The molecule has 148 valence electrons. The number of nitrogens with zero attached hydrogens (tertiary/aromatic N) is 2. The standard InChI is InChI=1S/C21H25N3O4/c1-23-9-11-24(12-10-23)18-6-4-3-5-17(18)22-21(27)16-8-7-15(14-20(25)26)19(13-16)28-2/h3-8,13H,9-12,14H2,1-2H3,(H,22,27)(H,25,26). The third kappa shape index (κ3) is 4.61. The summed E-state index contributed by atoms with van der Waals surface area (Å²) in [5, 5.41) is 12.0. The number of likely N-dealkylation sites (N-methyl/N-ethyl adjacent to an activating group) is 1. The van der Waals surface area contributed by atoms with E-state index in [2.05, 4.69) is 22.2 Å². The first kappa shape index (κ1) is 19.7. The van der Waals surface area contributed by atoms with Gasteiger partial charge in [0.1, 0.15) is 5.75 Å². The molecule has 3 rings (SSSR count). The van der Waals surface area contributed by atoms with Gasteiger partial charge >= 0.3 is 5.97 Å². The molecule has 0 saturated carbocycles. The lowest BCUT2D eigenvalue weighted by Gasteiger charge is -2.35. The molecule has 0 radical (unpaired) electrons. The zero-order valence-electron chi connectivity index (χ0n) is 16.1. The van der Waals surface area contributed by atoms with Crippen molar-refractivity contribution in [3.05, 3.63) is 53.6 Å². The molecule has 2 aromatic carbocycles. The quantitative estimate of drug-likeness (QED) is 0.797.